The monoisotopic (exact) mass is 196 g/mol. The van der Waals surface area contributed by atoms with Gasteiger partial charge in [-0.25, -0.2) is 0 Å². The molecule has 4 nitrogen and oxygen atoms in total. The molecule has 1 rings (SSSR count). The van der Waals surface area contributed by atoms with Crippen molar-refractivity contribution in [3.63, 3.8) is 0 Å². The molecule has 4 heteroatoms. The predicted octanol–water partition coefficient (Wildman–Crippen LogP) is 1.56. The van der Waals surface area contributed by atoms with Crippen LogP contribution in [0.4, 0.5) is 0 Å². The Morgan fingerprint density at radius 2 is 2.29 bits per heavy atom. The number of carboxylic acids is 1. The molecule has 0 aliphatic rings. The summed E-state index contributed by atoms with van der Waals surface area (Å²) < 4.78 is 1.76. The number of aliphatic carboxylic acids is 1. The number of hydrogen-bond acceptors (Lipinski definition) is 2. The van der Waals surface area contributed by atoms with E-state index in [2.05, 4.69) is 18.9 Å². The molecular formula is C10H16N2O2. The number of nitrogens with zero attached hydrogens (tertiary/aromatic N) is 2. The molecule has 1 heterocycles. The number of carboxylic acid groups (broad SMARTS) is 1. The van der Waals surface area contributed by atoms with Crippen molar-refractivity contribution in [2.75, 3.05) is 0 Å². The fraction of sp³-hybridized carbons (Fsp3) is 0.600. The van der Waals surface area contributed by atoms with E-state index < -0.39 is 5.97 Å². The van der Waals surface area contributed by atoms with Crippen molar-refractivity contribution in [2.45, 2.75) is 32.6 Å². The minimum Gasteiger partial charge on any atom is -0.481 e. The summed E-state index contributed by atoms with van der Waals surface area (Å²) in [6.07, 6.45) is 0.711. The standard InChI is InChI=1S/C10H16N2O2/c1-7(2)9-6-8(12(3)11-9)4-5-10(13)14/h6-7H,4-5H2,1-3H3,(H,13,14). The molecule has 0 unspecified atom stereocenters. The van der Waals surface area contributed by atoms with E-state index in [0.29, 0.717) is 12.3 Å². The molecule has 0 amide bonds. The number of aromatic nitrogens is 2. The molecule has 0 spiro atoms. The lowest BCUT2D eigenvalue weighted by molar-refractivity contribution is -0.136. The van der Waals surface area contributed by atoms with Crippen LogP contribution in [0.3, 0.4) is 0 Å². The molecule has 0 aliphatic heterocycles. The Morgan fingerprint density at radius 3 is 2.71 bits per heavy atom. The maximum Gasteiger partial charge on any atom is 0.303 e. The van der Waals surface area contributed by atoms with Crippen LogP contribution in [-0.4, -0.2) is 20.9 Å². The van der Waals surface area contributed by atoms with E-state index >= 15 is 0 Å². The smallest absolute Gasteiger partial charge is 0.303 e. The minimum atomic E-state index is -0.766. The quantitative estimate of drug-likeness (QED) is 0.795. The van der Waals surface area contributed by atoms with Gasteiger partial charge in [0, 0.05) is 12.7 Å². The first-order chi connectivity index (χ1) is 6.50. The van der Waals surface area contributed by atoms with Crippen LogP contribution in [0, 0.1) is 0 Å². The summed E-state index contributed by atoms with van der Waals surface area (Å²) in [5.74, 6) is -0.378. The maximum atomic E-state index is 10.4. The summed E-state index contributed by atoms with van der Waals surface area (Å²) >= 11 is 0. The first kappa shape index (κ1) is 10.8. The zero-order valence-electron chi connectivity index (χ0n) is 8.82. The Hall–Kier alpha value is -1.32. The molecule has 1 aromatic heterocycles. The van der Waals surface area contributed by atoms with Crippen LogP contribution in [-0.2, 0) is 18.3 Å². The zero-order chi connectivity index (χ0) is 10.7. The van der Waals surface area contributed by atoms with Gasteiger partial charge in [0.2, 0.25) is 0 Å². The molecule has 0 bridgehead atoms. The number of aryl methyl sites for hydroxylation is 2. The molecule has 0 radical (unpaired) electrons. The second kappa shape index (κ2) is 4.26. The van der Waals surface area contributed by atoms with Crippen LogP contribution in [0.1, 0.15) is 37.6 Å². The second-order valence-electron chi connectivity index (χ2n) is 3.73. The molecule has 0 aromatic carbocycles. The molecule has 1 N–H and O–H groups in total. The second-order valence-corrected chi connectivity index (χ2v) is 3.73. The molecule has 0 saturated carbocycles. The Bertz CT molecular complexity index is 329. The summed E-state index contributed by atoms with van der Waals surface area (Å²) in [5, 5.41) is 12.9. The van der Waals surface area contributed by atoms with Crippen LogP contribution in [0.25, 0.3) is 0 Å². The van der Waals surface area contributed by atoms with Crippen molar-refractivity contribution in [1.82, 2.24) is 9.78 Å². The van der Waals surface area contributed by atoms with Gasteiger partial charge >= 0.3 is 5.97 Å². The normalized spacial score (nSPS) is 10.9. The van der Waals surface area contributed by atoms with Gasteiger partial charge in [-0.15, -0.1) is 0 Å². The lowest BCUT2D eigenvalue weighted by atomic mass is 10.1. The van der Waals surface area contributed by atoms with Crippen molar-refractivity contribution in [3.8, 4) is 0 Å². The lowest BCUT2D eigenvalue weighted by Gasteiger charge is -1.97. The van der Waals surface area contributed by atoms with Crippen LogP contribution in [0.5, 0.6) is 0 Å². The van der Waals surface area contributed by atoms with Crippen LogP contribution in [0.2, 0.25) is 0 Å². The minimum absolute atomic E-state index is 0.164. The number of rotatable bonds is 4. The molecule has 0 atom stereocenters. The van der Waals surface area contributed by atoms with Crippen molar-refractivity contribution in [2.24, 2.45) is 7.05 Å². The van der Waals surface area contributed by atoms with Gasteiger partial charge in [0.25, 0.3) is 0 Å². The summed E-state index contributed by atoms with van der Waals surface area (Å²) in [7, 11) is 1.85. The highest BCUT2D eigenvalue weighted by Gasteiger charge is 2.09. The highest BCUT2D eigenvalue weighted by molar-refractivity contribution is 5.66. The van der Waals surface area contributed by atoms with E-state index in [1.54, 1.807) is 4.68 Å². The fourth-order valence-electron chi connectivity index (χ4n) is 1.28. The van der Waals surface area contributed by atoms with E-state index in [1.165, 1.54) is 0 Å². The van der Waals surface area contributed by atoms with Crippen molar-refractivity contribution < 1.29 is 9.90 Å². The Morgan fingerprint density at radius 1 is 1.64 bits per heavy atom. The third-order valence-electron chi connectivity index (χ3n) is 2.18. The fourth-order valence-corrected chi connectivity index (χ4v) is 1.28. The molecule has 78 valence electrons. The molecular weight excluding hydrogens is 180 g/mol. The molecule has 0 fully saturated rings. The SMILES string of the molecule is CC(C)c1cc(CCC(=O)O)n(C)n1. The van der Waals surface area contributed by atoms with Crippen molar-refractivity contribution in [3.05, 3.63) is 17.5 Å². The van der Waals surface area contributed by atoms with Crippen LogP contribution in [0.15, 0.2) is 6.07 Å². The summed E-state index contributed by atoms with van der Waals surface area (Å²) in [4.78, 5) is 10.4. The first-order valence-electron chi connectivity index (χ1n) is 4.75. The summed E-state index contributed by atoms with van der Waals surface area (Å²) in [6, 6.07) is 1.98. The lowest BCUT2D eigenvalue weighted by Crippen LogP contribution is -2.02. The third-order valence-corrected chi connectivity index (χ3v) is 2.18. The van der Waals surface area contributed by atoms with Gasteiger partial charge in [-0.05, 0) is 18.4 Å². The van der Waals surface area contributed by atoms with E-state index in [9.17, 15) is 4.79 Å². The van der Waals surface area contributed by atoms with Crippen molar-refractivity contribution in [1.29, 1.82) is 0 Å². The zero-order valence-corrected chi connectivity index (χ0v) is 8.82. The summed E-state index contributed by atoms with van der Waals surface area (Å²) in [5.41, 5.74) is 2.00. The Kier molecular flexibility index (Phi) is 3.28. The number of carbonyl (C=O) groups is 1. The average Bonchev–Trinajstić information content (AvgIpc) is 2.43. The first-order valence-corrected chi connectivity index (χ1v) is 4.75. The highest BCUT2D eigenvalue weighted by Crippen LogP contribution is 2.14. The largest absolute Gasteiger partial charge is 0.481 e. The van der Waals surface area contributed by atoms with E-state index in [1.807, 2.05) is 13.1 Å². The van der Waals surface area contributed by atoms with Crippen LogP contribution >= 0.6 is 0 Å². The van der Waals surface area contributed by atoms with Gasteiger partial charge in [-0.3, -0.25) is 9.48 Å². The average molecular weight is 196 g/mol. The van der Waals surface area contributed by atoms with E-state index in [4.69, 9.17) is 5.11 Å². The van der Waals surface area contributed by atoms with Gasteiger partial charge in [0.05, 0.1) is 12.1 Å². The maximum absolute atomic E-state index is 10.4. The van der Waals surface area contributed by atoms with Crippen LogP contribution < -0.4 is 0 Å². The third kappa shape index (κ3) is 2.58. The Labute approximate surface area is 83.5 Å². The highest BCUT2D eigenvalue weighted by atomic mass is 16.4. The molecule has 0 aliphatic carbocycles. The van der Waals surface area contributed by atoms with Gasteiger partial charge in [0.15, 0.2) is 0 Å². The predicted molar refractivity (Wildman–Crippen MR) is 53.3 cm³/mol. The van der Waals surface area contributed by atoms with Crippen molar-refractivity contribution >= 4 is 5.97 Å². The molecule has 1 aromatic rings. The Balaban J connectivity index is 2.72. The van der Waals surface area contributed by atoms with Gasteiger partial charge < -0.3 is 5.11 Å². The van der Waals surface area contributed by atoms with Gasteiger partial charge in [-0.2, -0.15) is 5.10 Å². The number of hydrogen-bond donors (Lipinski definition) is 1. The topological polar surface area (TPSA) is 55.1 Å². The van der Waals surface area contributed by atoms with Gasteiger partial charge in [-0.1, -0.05) is 13.8 Å². The molecule has 0 saturated heterocycles. The summed E-state index contributed by atoms with van der Waals surface area (Å²) in [6.45, 7) is 4.15. The van der Waals surface area contributed by atoms with E-state index in [0.717, 1.165) is 11.4 Å². The van der Waals surface area contributed by atoms with E-state index in [-0.39, 0.29) is 6.42 Å². The molecule has 14 heavy (non-hydrogen) atoms. The van der Waals surface area contributed by atoms with Gasteiger partial charge in [0.1, 0.15) is 0 Å².